The number of amides is 1. The molecule has 2 aromatic rings. The van der Waals surface area contributed by atoms with Crippen LogP contribution in [0.1, 0.15) is 24.3 Å². The normalized spacial score (nSPS) is 24.2. The van der Waals surface area contributed by atoms with Gasteiger partial charge in [0.15, 0.2) is 0 Å². The van der Waals surface area contributed by atoms with Crippen molar-refractivity contribution in [2.75, 3.05) is 26.2 Å². The molecule has 4 rings (SSSR count). The van der Waals surface area contributed by atoms with Gasteiger partial charge in [0.05, 0.1) is 27.9 Å². The van der Waals surface area contributed by atoms with Crippen LogP contribution in [0.2, 0.25) is 0 Å². The van der Waals surface area contributed by atoms with Crippen LogP contribution < -0.4 is 5.32 Å². The van der Waals surface area contributed by atoms with Gasteiger partial charge in [-0.15, -0.1) is 11.3 Å². The van der Waals surface area contributed by atoms with Crippen LogP contribution in [0.4, 0.5) is 0 Å². The third-order valence-electron chi connectivity index (χ3n) is 4.89. The Labute approximate surface area is 146 Å². The molecule has 0 radical (unpaired) electrons. The number of nitrogens with one attached hydrogen (secondary N) is 1. The molecule has 3 heterocycles. The average molecular weight is 345 g/mol. The third-order valence-corrected chi connectivity index (χ3v) is 5.99. The minimum atomic E-state index is 0.0846. The summed E-state index contributed by atoms with van der Waals surface area (Å²) < 4.78 is 7.06. The standard InChI is InChI=1S/C18H23N3O2S/c22-17(7-8-18-20-15-5-1-2-6-16(15)24-18)19-10-14-11-21-9-3-4-13(21)12-23-14/h1-2,5-6,13-14H,3-4,7-12H2,(H,19,22). The number of morpholine rings is 1. The number of fused-ring (bicyclic) bond motifs is 2. The maximum Gasteiger partial charge on any atom is 0.220 e. The molecule has 2 atom stereocenters. The van der Waals surface area contributed by atoms with E-state index in [2.05, 4.69) is 21.3 Å². The summed E-state index contributed by atoms with van der Waals surface area (Å²) in [6, 6.07) is 8.71. The molecule has 0 spiro atoms. The van der Waals surface area contributed by atoms with E-state index >= 15 is 0 Å². The Morgan fingerprint density at radius 2 is 2.33 bits per heavy atom. The van der Waals surface area contributed by atoms with E-state index in [1.54, 1.807) is 11.3 Å². The summed E-state index contributed by atoms with van der Waals surface area (Å²) in [5, 5.41) is 4.05. The van der Waals surface area contributed by atoms with E-state index < -0.39 is 0 Å². The van der Waals surface area contributed by atoms with Crippen LogP contribution in [0, 0.1) is 0 Å². The number of aryl methyl sites for hydroxylation is 1. The zero-order chi connectivity index (χ0) is 16.4. The van der Waals surface area contributed by atoms with Gasteiger partial charge in [-0.25, -0.2) is 4.98 Å². The van der Waals surface area contributed by atoms with Crippen molar-refractivity contribution in [2.45, 2.75) is 37.8 Å². The molecule has 2 fully saturated rings. The zero-order valence-corrected chi connectivity index (χ0v) is 14.6. The molecule has 24 heavy (non-hydrogen) atoms. The van der Waals surface area contributed by atoms with Crippen LogP contribution in [0.3, 0.4) is 0 Å². The molecular formula is C18H23N3O2S. The first kappa shape index (κ1) is 16.0. The Hall–Kier alpha value is -1.50. The van der Waals surface area contributed by atoms with Gasteiger partial charge < -0.3 is 10.1 Å². The molecular weight excluding hydrogens is 322 g/mol. The highest BCUT2D eigenvalue weighted by Crippen LogP contribution is 2.23. The monoisotopic (exact) mass is 345 g/mol. The number of hydrogen-bond acceptors (Lipinski definition) is 5. The molecule has 1 amide bonds. The lowest BCUT2D eigenvalue weighted by Crippen LogP contribution is -2.50. The van der Waals surface area contributed by atoms with Crippen molar-refractivity contribution >= 4 is 27.5 Å². The molecule has 1 N–H and O–H groups in total. The van der Waals surface area contributed by atoms with Crippen molar-refractivity contribution in [3.8, 4) is 0 Å². The molecule has 1 aromatic heterocycles. The summed E-state index contributed by atoms with van der Waals surface area (Å²) in [5.41, 5.74) is 1.02. The number of carbonyl (C=O) groups is 1. The number of rotatable bonds is 5. The Balaban J connectivity index is 1.22. The number of nitrogens with zero attached hydrogens (tertiary/aromatic N) is 2. The predicted molar refractivity (Wildman–Crippen MR) is 95.3 cm³/mol. The maximum absolute atomic E-state index is 12.1. The summed E-state index contributed by atoms with van der Waals surface area (Å²) in [6.07, 6.45) is 3.84. The molecule has 1 aromatic carbocycles. The number of para-hydroxylation sites is 1. The number of ether oxygens (including phenoxy) is 1. The minimum absolute atomic E-state index is 0.0846. The lowest BCUT2D eigenvalue weighted by molar-refractivity contribution is -0.122. The fourth-order valence-electron chi connectivity index (χ4n) is 3.57. The summed E-state index contributed by atoms with van der Waals surface area (Å²) in [4.78, 5) is 19.2. The van der Waals surface area contributed by atoms with Crippen molar-refractivity contribution < 1.29 is 9.53 Å². The molecule has 2 aliphatic rings. The van der Waals surface area contributed by atoms with Gasteiger partial charge in [0.25, 0.3) is 0 Å². The summed E-state index contributed by atoms with van der Waals surface area (Å²) in [6.45, 7) is 3.55. The van der Waals surface area contributed by atoms with E-state index in [0.717, 1.165) is 23.7 Å². The van der Waals surface area contributed by atoms with E-state index in [9.17, 15) is 4.79 Å². The zero-order valence-electron chi connectivity index (χ0n) is 13.7. The average Bonchev–Trinajstić information content (AvgIpc) is 3.23. The van der Waals surface area contributed by atoms with E-state index in [1.807, 2.05) is 18.2 Å². The first-order chi connectivity index (χ1) is 11.8. The van der Waals surface area contributed by atoms with Gasteiger partial charge in [-0.2, -0.15) is 0 Å². The van der Waals surface area contributed by atoms with Crippen molar-refractivity contribution in [3.63, 3.8) is 0 Å². The molecule has 0 saturated carbocycles. The van der Waals surface area contributed by atoms with Crippen LogP contribution in [0.15, 0.2) is 24.3 Å². The molecule has 2 saturated heterocycles. The number of aromatic nitrogens is 1. The minimum Gasteiger partial charge on any atom is -0.373 e. The van der Waals surface area contributed by atoms with E-state index in [-0.39, 0.29) is 12.0 Å². The first-order valence-corrected chi connectivity index (χ1v) is 9.56. The third kappa shape index (κ3) is 3.61. The first-order valence-electron chi connectivity index (χ1n) is 8.75. The lowest BCUT2D eigenvalue weighted by atomic mass is 10.2. The SMILES string of the molecule is O=C(CCc1nc2ccccc2s1)NCC1CN2CCCC2CO1. The number of benzene rings is 1. The largest absolute Gasteiger partial charge is 0.373 e. The molecule has 0 bridgehead atoms. The van der Waals surface area contributed by atoms with Gasteiger partial charge in [0, 0.05) is 32.0 Å². The summed E-state index contributed by atoms with van der Waals surface area (Å²) in [5.74, 6) is 0.0846. The second-order valence-electron chi connectivity index (χ2n) is 6.63. The van der Waals surface area contributed by atoms with Crippen molar-refractivity contribution in [1.29, 1.82) is 0 Å². The van der Waals surface area contributed by atoms with Crippen LogP contribution in [-0.2, 0) is 16.0 Å². The van der Waals surface area contributed by atoms with Crippen molar-refractivity contribution in [2.24, 2.45) is 0 Å². The second-order valence-corrected chi connectivity index (χ2v) is 7.74. The van der Waals surface area contributed by atoms with Crippen LogP contribution >= 0.6 is 11.3 Å². The predicted octanol–water partition coefficient (Wildman–Crippen LogP) is 2.21. The summed E-state index contributed by atoms with van der Waals surface area (Å²) >= 11 is 1.67. The highest BCUT2D eigenvalue weighted by atomic mass is 32.1. The number of thiazole rings is 1. The van der Waals surface area contributed by atoms with E-state index in [1.165, 1.54) is 24.1 Å². The molecule has 0 aliphatic carbocycles. The van der Waals surface area contributed by atoms with Gasteiger partial charge in [0.1, 0.15) is 0 Å². The number of hydrogen-bond donors (Lipinski definition) is 1. The van der Waals surface area contributed by atoms with Crippen molar-refractivity contribution in [3.05, 3.63) is 29.3 Å². The molecule has 2 unspecified atom stereocenters. The van der Waals surface area contributed by atoms with Crippen LogP contribution in [0.5, 0.6) is 0 Å². The molecule has 2 aliphatic heterocycles. The van der Waals surface area contributed by atoms with Gasteiger partial charge in [-0.3, -0.25) is 9.69 Å². The fourth-order valence-corrected chi connectivity index (χ4v) is 4.54. The second kappa shape index (κ2) is 7.17. The Bertz CT molecular complexity index is 684. The fraction of sp³-hybridized carbons (Fsp3) is 0.556. The quantitative estimate of drug-likeness (QED) is 0.903. The molecule has 5 nitrogen and oxygen atoms in total. The Morgan fingerprint density at radius 3 is 3.25 bits per heavy atom. The Morgan fingerprint density at radius 1 is 1.42 bits per heavy atom. The van der Waals surface area contributed by atoms with Gasteiger partial charge in [0.2, 0.25) is 5.91 Å². The van der Waals surface area contributed by atoms with Crippen LogP contribution in [-0.4, -0.2) is 54.2 Å². The van der Waals surface area contributed by atoms with Gasteiger partial charge >= 0.3 is 0 Å². The van der Waals surface area contributed by atoms with Crippen LogP contribution in [0.25, 0.3) is 10.2 Å². The highest BCUT2D eigenvalue weighted by Gasteiger charge is 2.32. The Kier molecular flexibility index (Phi) is 4.78. The van der Waals surface area contributed by atoms with Crippen molar-refractivity contribution in [1.82, 2.24) is 15.2 Å². The maximum atomic E-state index is 12.1. The lowest BCUT2D eigenvalue weighted by Gasteiger charge is -2.35. The van der Waals surface area contributed by atoms with E-state index in [0.29, 0.717) is 25.4 Å². The highest BCUT2D eigenvalue weighted by molar-refractivity contribution is 7.18. The molecule has 128 valence electrons. The van der Waals surface area contributed by atoms with Gasteiger partial charge in [-0.05, 0) is 31.5 Å². The molecule has 6 heteroatoms. The smallest absolute Gasteiger partial charge is 0.220 e. The topological polar surface area (TPSA) is 54.5 Å². The number of carbonyl (C=O) groups excluding carboxylic acids is 1. The summed E-state index contributed by atoms with van der Waals surface area (Å²) in [7, 11) is 0. The van der Waals surface area contributed by atoms with E-state index in [4.69, 9.17) is 4.74 Å². The van der Waals surface area contributed by atoms with Gasteiger partial charge in [-0.1, -0.05) is 12.1 Å².